The van der Waals surface area contributed by atoms with Crippen molar-refractivity contribution < 1.29 is 21.9 Å². The van der Waals surface area contributed by atoms with E-state index in [1.54, 1.807) is 6.92 Å². The highest BCUT2D eigenvalue weighted by molar-refractivity contribution is 6.98. The van der Waals surface area contributed by atoms with Gasteiger partial charge >= 0.3 is 14.8 Å². The molecule has 0 atom stereocenters. The van der Waals surface area contributed by atoms with Gasteiger partial charge in [-0.25, -0.2) is 4.79 Å². The first-order valence-electron chi connectivity index (χ1n) is 13.9. The molecule has 9 heteroatoms. The molecule has 0 saturated heterocycles. The van der Waals surface area contributed by atoms with E-state index in [2.05, 4.69) is 119 Å². The molecule has 3 aromatic carbocycles. The van der Waals surface area contributed by atoms with Crippen LogP contribution in [0, 0.1) is 0 Å². The fourth-order valence-electron chi connectivity index (χ4n) is 4.65. The maximum absolute atomic E-state index is 12.1. The summed E-state index contributed by atoms with van der Waals surface area (Å²) in [7, 11) is -10.8. The zero-order valence-electron chi connectivity index (χ0n) is 25.0. The lowest BCUT2D eigenvalue weighted by molar-refractivity contribution is -0.139. The van der Waals surface area contributed by atoms with Crippen molar-refractivity contribution in [2.45, 2.75) is 58.7 Å². The van der Waals surface area contributed by atoms with Crippen molar-refractivity contribution in [1.29, 1.82) is 0 Å². The molecule has 0 bridgehead atoms. The fourth-order valence-corrected chi connectivity index (χ4v) is 21.8. The Balaban J connectivity index is 2.07. The molecule has 0 aliphatic carbocycles. The molecule has 0 saturated carbocycles. The number of hydrogen-bond donors (Lipinski definition) is 0. The molecule has 0 aromatic heterocycles. The van der Waals surface area contributed by atoms with Gasteiger partial charge in [0, 0.05) is 11.6 Å². The van der Waals surface area contributed by atoms with E-state index >= 15 is 0 Å². The van der Waals surface area contributed by atoms with Gasteiger partial charge in [0.1, 0.15) is 0 Å². The van der Waals surface area contributed by atoms with Gasteiger partial charge in [-0.1, -0.05) is 97.6 Å². The minimum atomic E-state index is -3.38. The largest absolute Gasteiger partial charge is 0.470 e. The maximum atomic E-state index is 12.1. The first kappa shape index (κ1) is 32.1. The second-order valence-electron chi connectivity index (χ2n) is 11.6. The van der Waals surface area contributed by atoms with Crippen LogP contribution in [0.1, 0.15) is 13.3 Å². The van der Waals surface area contributed by atoms with Gasteiger partial charge in [-0.2, -0.15) is 0 Å². The minimum absolute atomic E-state index is 0.254. The van der Waals surface area contributed by atoms with E-state index in [0.717, 1.165) is 0 Å². The van der Waals surface area contributed by atoms with Crippen LogP contribution in [0.5, 0.6) is 0 Å². The van der Waals surface area contributed by atoms with E-state index < -0.39 is 33.8 Å². The van der Waals surface area contributed by atoms with Gasteiger partial charge in [0.2, 0.25) is 25.0 Å². The SMILES string of the molecule is C=C(C)C(=O)OCCC[Si](O[Si](C)(C)c1ccccc1)(O[Si](C)(C)c1ccccc1)O[Si](C)(C)c1ccccc1. The summed E-state index contributed by atoms with van der Waals surface area (Å²) in [5.74, 6) is -0.382. The first-order valence-corrected chi connectivity index (χ1v) is 24.5. The van der Waals surface area contributed by atoms with E-state index in [-0.39, 0.29) is 12.6 Å². The van der Waals surface area contributed by atoms with Crippen molar-refractivity contribution in [3.63, 3.8) is 0 Å². The van der Waals surface area contributed by atoms with Crippen LogP contribution in [0.15, 0.2) is 103 Å². The number of carbonyl (C=O) groups is 1. The van der Waals surface area contributed by atoms with E-state index in [1.807, 2.05) is 18.2 Å². The molecule has 0 radical (unpaired) electrons. The summed E-state index contributed by atoms with van der Waals surface area (Å²) < 4.78 is 27.5. The first-order chi connectivity index (χ1) is 18.8. The van der Waals surface area contributed by atoms with Crippen molar-refractivity contribution in [3.8, 4) is 0 Å². The van der Waals surface area contributed by atoms with Crippen molar-refractivity contribution in [1.82, 2.24) is 0 Å². The van der Waals surface area contributed by atoms with Crippen LogP contribution in [-0.2, 0) is 21.9 Å². The highest BCUT2D eigenvalue weighted by atomic mass is 28.5. The summed E-state index contributed by atoms with van der Waals surface area (Å²) in [6.45, 7) is 18.9. The average molecular weight is 609 g/mol. The molecule has 0 fully saturated rings. The maximum Gasteiger partial charge on any atom is 0.470 e. The van der Waals surface area contributed by atoms with Gasteiger partial charge in [0.05, 0.1) is 6.61 Å². The quantitative estimate of drug-likeness (QED) is 0.0999. The molecule has 0 spiro atoms. The van der Waals surface area contributed by atoms with Crippen molar-refractivity contribution in [3.05, 3.63) is 103 Å². The van der Waals surface area contributed by atoms with Crippen molar-refractivity contribution in [2.24, 2.45) is 0 Å². The van der Waals surface area contributed by atoms with Gasteiger partial charge < -0.3 is 17.1 Å². The van der Waals surface area contributed by atoms with Gasteiger partial charge in [-0.3, -0.25) is 0 Å². The Morgan fingerprint density at radius 1 is 0.625 bits per heavy atom. The smallest absolute Gasteiger partial charge is 0.462 e. The Labute approximate surface area is 244 Å². The normalized spacial score (nSPS) is 12.7. The number of carbonyl (C=O) groups excluding carboxylic acids is 1. The third-order valence-corrected chi connectivity index (χ3v) is 22.8. The Morgan fingerprint density at radius 3 is 1.25 bits per heavy atom. The topological polar surface area (TPSA) is 54.0 Å². The van der Waals surface area contributed by atoms with Crippen LogP contribution < -0.4 is 15.6 Å². The standard InChI is InChI=1S/C31H44O5Si4/c1-27(2)31(32)33-25-18-26-40(34-37(3,4)28-19-12-9-13-20-28,35-38(5,6)29-21-14-10-15-22-29)36-39(7,8)30-23-16-11-17-24-30/h9-17,19-24H,1,18,25-26H2,2-8H3. The third kappa shape index (κ3) is 8.81. The second-order valence-corrected chi connectivity index (χ2v) is 26.7. The third-order valence-electron chi connectivity index (χ3n) is 6.85. The summed E-state index contributed by atoms with van der Waals surface area (Å²) in [5.41, 5.74) is 0.389. The zero-order chi connectivity index (χ0) is 29.4. The molecule has 3 aromatic rings. The molecule has 0 heterocycles. The lowest BCUT2D eigenvalue weighted by atomic mass is 10.4. The second kappa shape index (κ2) is 13.5. The molecule has 0 aliphatic rings. The summed E-state index contributed by atoms with van der Waals surface area (Å²) in [6.07, 6.45) is 0.572. The summed E-state index contributed by atoms with van der Waals surface area (Å²) in [5, 5.41) is 3.56. The molecule has 0 amide bonds. The van der Waals surface area contributed by atoms with Gasteiger partial charge in [0.15, 0.2) is 0 Å². The average Bonchev–Trinajstić information content (AvgIpc) is 2.91. The molecule has 0 N–H and O–H groups in total. The summed E-state index contributed by atoms with van der Waals surface area (Å²) in [4.78, 5) is 12.1. The number of benzene rings is 3. The van der Waals surface area contributed by atoms with Crippen LogP contribution in [0.3, 0.4) is 0 Å². The predicted molar refractivity (Wildman–Crippen MR) is 175 cm³/mol. The lowest BCUT2D eigenvalue weighted by Gasteiger charge is -2.45. The van der Waals surface area contributed by atoms with E-state index in [4.69, 9.17) is 17.1 Å². The summed E-state index contributed by atoms with van der Waals surface area (Å²) >= 11 is 0. The molecule has 3 rings (SSSR count). The van der Waals surface area contributed by atoms with Gasteiger partial charge in [0.25, 0.3) is 0 Å². The highest BCUT2D eigenvalue weighted by Crippen LogP contribution is 2.30. The zero-order valence-corrected chi connectivity index (χ0v) is 29.0. The Kier molecular flexibility index (Phi) is 10.9. The monoisotopic (exact) mass is 608 g/mol. The van der Waals surface area contributed by atoms with E-state index in [9.17, 15) is 4.79 Å². The Hall–Kier alpha value is -2.38. The summed E-state index contributed by atoms with van der Waals surface area (Å²) in [6, 6.07) is 31.8. The molecular formula is C31H44O5Si4. The Morgan fingerprint density at radius 2 is 0.950 bits per heavy atom. The Bertz CT molecular complexity index is 1120. The van der Waals surface area contributed by atoms with Crippen molar-refractivity contribution in [2.75, 3.05) is 6.61 Å². The molecule has 214 valence electrons. The molecule has 0 unspecified atom stereocenters. The van der Waals surface area contributed by atoms with Gasteiger partial charge in [-0.05, 0) is 68.2 Å². The number of rotatable bonds is 14. The predicted octanol–water partition coefficient (Wildman–Crippen LogP) is 5.82. The van der Waals surface area contributed by atoms with Crippen LogP contribution >= 0.6 is 0 Å². The molecule has 40 heavy (non-hydrogen) atoms. The fraction of sp³-hybridized carbons (Fsp3) is 0.323. The van der Waals surface area contributed by atoms with Crippen molar-refractivity contribution >= 4 is 55.3 Å². The van der Waals surface area contributed by atoms with Crippen LogP contribution in [0.25, 0.3) is 0 Å². The van der Waals surface area contributed by atoms with Crippen LogP contribution in [-0.4, -0.2) is 46.3 Å². The number of hydrogen-bond acceptors (Lipinski definition) is 5. The van der Waals surface area contributed by atoms with Gasteiger partial charge in [-0.15, -0.1) is 0 Å². The highest BCUT2D eigenvalue weighted by Gasteiger charge is 2.53. The van der Waals surface area contributed by atoms with E-state index in [1.165, 1.54) is 15.6 Å². The number of esters is 1. The number of ether oxygens (including phenoxy) is 1. The van der Waals surface area contributed by atoms with Crippen LogP contribution in [0.2, 0.25) is 45.3 Å². The lowest BCUT2D eigenvalue weighted by Crippen LogP contribution is -2.67. The molecule has 5 nitrogen and oxygen atoms in total. The minimum Gasteiger partial charge on any atom is -0.462 e. The van der Waals surface area contributed by atoms with Crippen LogP contribution in [0.4, 0.5) is 0 Å². The van der Waals surface area contributed by atoms with E-state index in [0.29, 0.717) is 18.0 Å². The molecule has 0 aliphatic heterocycles. The molecular weight excluding hydrogens is 565 g/mol.